The second-order valence-electron chi connectivity index (χ2n) is 6.57. The number of amides is 1. The van der Waals surface area contributed by atoms with Crippen molar-refractivity contribution in [1.29, 1.82) is 0 Å². The minimum Gasteiger partial charge on any atom is -0.340 e. The molecular weight excluding hydrogens is 236 g/mol. The molecule has 0 aromatic carbocycles. The van der Waals surface area contributed by atoms with Crippen molar-refractivity contribution in [1.82, 2.24) is 4.90 Å². The topological polar surface area (TPSA) is 46.3 Å². The van der Waals surface area contributed by atoms with E-state index in [1.807, 2.05) is 0 Å². The summed E-state index contributed by atoms with van der Waals surface area (Å²) in [5, 5.41) is 0. The van der Waals surface area contributed by atoms with Crippen LogP contribution in [0, 0.1) is 11.8 Å². The Labute approximate surface area is 117 Å². The number of hydrogen-bond acceptors (Lipinski definition) is 2. The second kappa shape index (κ2) is 6.74. The standard InChI is InChI=1S/C16H30N2O/c1-3-18(14-7-5-4-6-8-14)16(19)15-10-9-13(17)11-12(15)2/h12-15H,3-11,17H2,1-2H3. The Morgan fingerprint density at radius 1 is 1.16 bits per heavy atom. The van der Waals surface area contributed by atoms with Crippen molar-refractivity contribution in [2.75, 3.05) is 6.54 Å². The van der Waals surface area contributed by atoms with Gasteiger partial charge in [0, 0.05) is 24.5 Å². The van der Waals surface area contributed by atoms with Crippen LogP contribution in [0.5, 0.6) is 0 Å². The molecule has 2 rings (SSSR count). The fourth-order valence-electron chi connectivity index (χ4n) is 4.00. The van der Waals surface area contributed by atoms with Gasteiger partial charge in [0.05, 0.1) is 0 Å². The molecule has 3 nitrogen and oxygen atoms in total. The van der Waals surface area contributed by atoms with Gasteiger partial charge in [0.2, 0.25) is 5.91 Å². The zero-order valence-corrected chi connectivity index (χ0v) is 12.6. The fourth-order valence-corrected chi connectivity index (χ4v) is 4.00. The molecule has 0 aromatic heterocycles. The molecular formula is C16H30N2O. The SMILES string of the molecule is CCN(C(=O)C1CCC(N)CC1C)C1CCCCC1. The van der Waals surface area contributed by atoms with Crippen molar-refractivity contribution in [3.05, 3.63) is 0 Å². The van der Waals surface area contributed by atoms with Crippen molar-refractivity contribution >= 4 is 5.91 Å². The summed E-state index contributed by atoms with van der Waals surface area (Å²) >= 11 is 0. The predicted octanol–water partition coefficient (Wildman–Crippen LogP) is 2.93. The Kier molecular flexibility index (Phi) is 5.26. The van der Waals surface area contributed by atoms with Crippen molar-refractivity contribution in [2.24, 2.45) is 17.6 Å². The summed E-state index contributed by atoms with van der Waals surface area (Å²) in [6, 6.07) is 0.817. The van der Waals surface area contributed by atoms with Crippen LogP contribution < -0.4 is 5.73 Å². The van der Waals surface area contributed by atoms with Crippen LogP contribution in [-0.2, 0) is 4.79 Å². The van der Waals surface area contributed by atoms with Crippen LogP contribution in [0.1, 0.15) is 65.2 Å². The molecule has 0 aromatic rings. The fraction of sp³-hybridized carbons (Fsp3) is 0.938. The molecule has 2 aliphatic carbocycles. The van der Waals surface area contributed by atoms with Gasteiger partial charge in [-0.25, -0.2) is 0 Å². The minimum atomic E-state index is 0.224. The maximum absolute atomic E-state index is 12.8. The number of rotatable bonds is 3. The molecule has 0 spiro atoms. The van der Waals surface area contributed by atoms with Gasteiger partial charge in [-0.15, -0.1) is 0 Å². The Hall–Kier alpha value is -0.570. The lowest BCUT2D eigenvalue weighted by Crippen LogP contribution is -2.47. The van der Waals surface area contributed by atoms with E-state index in [1.165, 1.54) is 32.1 Å². The zero-order valence-electron chi connectivity index (χ0n) is 12.6. The Morgan fingerprint density at radius 2 is 1.84 bits per heavy atom. The van der Waals surface area contributed by atoms with Crippen molar-refractivity contribution in [3.63, 3.8) is 0 Å². The highest BCUT2D eigenvalue weighted by atomic mass is 16.2. The van der Waals surface area contributed by atoms with Crippen LogP contribution in [0.25, 0.3) is 0 Å². The van der Waals surface area contributed by atoms with Gasteiger partial charge in [0.15, 0.2) is 0 Å². The highest BCUT2D eigenvalue weighted by Crippen LogP contribution is 2.32. The van der Waals surface area contributed by atoms with E-state index >= 15 is 0 Å². The molecule has 0 aliphatic heterocycles. The average Bonchev–Trinajstić information content (AvgIpc) is 2.40. The maximum atomic E-state index is 12.8. The lowest BCUT2D eigenvalue weighted by molar-refractivity contribution is -0.141. The first-order valence-corrected chi connectivity index (χ1v) is 8.19. The van der Waals surface area contributed by atoms with E-state index in [0.29, 0.717) is 23.9 Å². The molecule has 0 saturated heterocycles. The predicted molar refractivity (Wildman–Crippen MR) is 78.7 cm³/mol. The van der Waals surface area contributed by atoms with Crippen LogP contribution in [0.4, 0.5) is 0 Å². The first-order chi connectivity index (χ1) is 9.13. The van der Waals surface area contributed by atoms with Gasteiger partial charge >= 0.3 is 0 Å². The molecule has 1 amide bonds. The van der Waals surface area contributed by atoms with Crippen molar-refractivity contribution in [2.45, 2.75) is 77.3 Å². The third-order valence-corrected chi connectivity index (χ3v) is 5.17. The quantitative estimate of drug-likeness (QED) is 0.853. The Morgan fingerprint density at radius 3 is 2.42 bits per heavy atom. The third kappa shape index (κ3) is 3.50. The summed E-state index contributed by atoms with van der Waals surface area (Å²) in [7, 11) is 0. The molecule has 2 aliphatic rings. The van der Waals surface area contributed by atoms with E-state index in [1.54, 1.807) is 0 Å². The van der Waals surface area contributed by atoms with Gasteiger partial charge in [-0.05, 0) is 44.9 Å². The summed E-state index contributed by atoms with van der Waals surface area (Å²) in [5.41, 5.74) is 6.01. The summed E-state index contributed by atoms with van der Waals surface area (Å²) in [4.78, 5) is 15.0. The minimum absolute atomic E-state index is 0.224. The molecule has 19 heavy (non-hydrogen) atoms. The van der Waals surface area contributed by atoms with Crippen LogP contribution in [-0.4, -0.2) is 29.4 Å². The summed E-state index contributed by atoms with van der Waals surface area (Å²) in [6.07, 6.45) is 9.36. The lowest BCUT2D eigenvalue weighted by Gasteiger charge is -2.39. The molecule has 3 heteroatoms. The molecule has 3 atom stereocenters. The largest absolute Gasteiger partial charge is 0.340 e. The first-order valence-electron chi connectivity index (χ1n) is 8.19. The monoisotopic (exact) mass is 266 g/mol. The number of carbonyl (C=O) groups excluding carboxylic acids is 1. The van der Waals surface area contributed by atoms with Gasteiger partial charge in [0.1, 0.15) is 0 Å². The van der Waals surface area contributed by atoms with Gasteiger partial charge in [-0.3, -0.25) is 4.79 Å². The van der Waals surface area contributed by atoms with E-state index in [2.05, 4.69) is 18.7 Å². The van der Waals surface area contributed by atoms with Gasteiger partial charge in [-0.2, -0.15) is 0 Å². The Balaban J connectivity index is 1.99. The van der Waals surface area contributed by atoms with E-state index in [0.717, 1.165) is 25.8 Å². The smallest absolute Gasteiger partial charge is 0.226 e. The first kappa shape index (κ1) is 14.8. The van der Waals surface area contributed by atoms with Crippen LogP contribution in [0.3, 0.4) is 0 Å². The number of hydrogen-bond donors (Lipinski definition) is 1. The van der Waals surface area contributed by atoms with Crippen LogP contribution in [0.15, 0.2) is 0 Å². The normalized spacial score (nSPS) is 33.1. The second-order valence-corrected chi connectivity index (χ2v) is 6.57. The van der Waals surface area contributed by atoms with Crippen molar-refractivity contribution in [3.8, 4) is 0 Å². The molecule has 0 heterocycles. The summed E-state index contributed by atoms with van der Waals surface area (Å²) in [6.45, 7) is 5.21. The summed E-state index contributed by atoms with van der Waals surface area (Å²) in [5.74, 6) is 1.09. The molecule has 110 valence electrons. The van der Waals surface area contributed by atoms with Gasteiger partial charge in [0.25, 0.3) is 0 Å². The molecule has 2 N–H and O–H groups in total. The third-order valence-electron chi connectivity index (χ3n) is 5.17. The van der Waals surface area contributed by atoms with E-state index in [4.69, 9.17) is 5.73 Å². The maximum Gasteiger partial charge on any atom is 0.226 e. The van der Waals surface area contributed by atoms with E-state index < -0.39 is 0 Å². The molecule has 0 radical (unpaired) electrons. The number of nitrogens with zero attached hydrogens (tertiary/aromatic N) is 1. The van der Waals surface area contributed by atoms with Crippen molar-refractivity contribution < 1.29 is 4.79 Å². The average molecular weight is 266 g/mol. The Bertz CT molecular complexity index is 299. The van der Waals surface area contributed by atoms with Gasteiger partial charge < -0.3 is 10.6 Å². The highest BCUT2D eigenvalue weighted by molar-refractivity contribution is 5.79. The molecule has 2 saturated carbocycles. The number of nitrogens with two attached hydrogens (primary N) is 1. The lowest BCUT2D eigenvalue weighted by atomic mass is 9.77. The molecule has 0 bridgehead atoms. The summed E-state index contributed by atoms with van der Waals surface area (Å²) < 4.78 is 0. The zero-order chi connectivity index (χ0) is 13.8. The molecule has 2 fully saturated rings. The van der Waals surface area contributed by atoms with Crippen LogP contribution >= 0.6 is 0 Å². The van der Waals surface area contributed by atoms with E-state index in [-0.39, 0.29) is 5.92 Å². The highest BCUT2D eigenvalue weighted by Gasteiger charge is 2.35. The van der Waals surface area contributed by atoms with E-state index in [9.17, 15) is 4.79 Å². The van der Waals surface area contributed by atoms with Crippen LogP contribution in [0.2, 0.25) is 0 Å². The number of carbonyl (C=O) groups is 1. The molecule has 3 unspecified atom stereocenters. The van der Waals surface area contributed by atoms with Gasteiger partial charge in [-0.1, -0.05) is 26.2 Å².